The number of ketones is 1. The molecule has 2 nitrogen and oxygen atoms in total. The van der Waals surface area contributed by atoms with Gasteiger partial charge in [-0.3, -0.25) is 4.79 Å². The van der Waals surface area contributed by atoms with Crippen LogP contribution in [0, 0.1) is 17.7 Å². The first-order valence-corrected chi connectivity index (χ1v) is 6.37. The van der Waals surface area contributed by atoms with Gasteiger partial charge in [0.25, 0.3) is 0 Å². The van der Waals surface area contributed by atoms with Crippen molar-refractivity contribution >= 4 is 16.8 Å². The maximum atomic E-state index is 13.5. The molecule has 1 heterocycles. The fourth-order valence-corrected chi connectivity index (χ4v) is 2.80. The minimum Gasteiger partial charge on any atom is -0.450 e. The minimum atomic E-state index is -0.411. The van der Waals surface area contributed by atoms with Crippen molar-refractivity contribution in [1.29, 1.82) is 0 Å². The number of Topliss-reactive ketones (excluding diaryl/α,β-unsaturated/α-hetero) is 1. The Morgan fingerprint density at radius 1 is 1.39 bits per heavy atom. The van der Waals surface area contributed by atoms with E-state index in [1.54, 1.807) is 18.2 Å². The average molecular weight is 246 g/mol. The van der Waals surface area contributed by atoms with Gasteiger partial charge in [0.1, 0.15) is 0 Å². The third-order valence-electron chi connectivity index (χ3n) is 3.80. The van der Waals surface area contributed by atoms with Gasteiger partial charge in [0, 0.05) is 11.3 Å². The second kappa shape index (κ2) is 4.23. The Bertz CT molecular complexity index is 600. The van der Waals surface area contributed by atoms with Gasteiger partial charge < -0.3 is 4.42 Å². The second-order valence-electron chi connectivity index (χ2n) is 5.25. The molecule has 0 aliphatic heterocycles. The highest BCUT2D eigenvalue weighted by molar-refractivity contribution is 5.99. The Morgan fingerprint density at radius 3 is 2.89 bits per heavy atom. The van der Waals surface area contributed by atoms with E-state index >= 15 is 0 Å². The molecule has 2 unspecified atom stereocenters. The molecule has 0 spiro atoms. The predicted octanol–water partition coefficient (Wildman–Crippen LogP) is 4.19. The van der Waals surface area contributed by atoms with Gasteiger partial charge in [-0.15, -0.1) is 0 Å². The number of hydrogen-bond donors (Lipinski definition) is 0. The average Bonchev–Trinajstić information content (AvgIpc) is 2.95. The lowest BCUT2D eigenvalue weighted by Gasteiger charge is -2.04. The van der Waals surface area contributed by atoms with Crippen molar-refractivity contribution in [2.75, 3.05) is 0 Å². The smallest absolute Gasteiger partial charge is 0.201 e. The molecule has 2 aromatic rings. The fraction of sp³-hybridized carbons (Fsp3) is 0.400. The Kier molecular flexibility index (Phi) is 2.69. The molecule has 1 aromatic carbocycles. The zero-order chi connectivity index (χ0) is 12.7. The summed E-state index contributed by atoms with van der Waals surface area (Å²) in [5.41, 5.74) is 0.187. The third kappa shape index (κ3) is 1.84. The van der Waals surface area contributed by atoms with Crippen molar-refractivity contribution < 1.29 is 13.6 Å². The fourth-order valence-electron chi connectivity index (χ4n) is 2.80. The second-order valence-corrected chi connectivity index (χ2v) is 5.25. The van der Waals surface area contributed by atoms with Gasteiger partial charge in [0.15, 0.2) is 17.2 Å². The molecule has 3 heteroatoms. The molecule has 0 saturated heterocycles. The van der Waals surface area contributed by atoms with Gasteiger partial charge in [0.2, 0.25) is 5.78 Å². The number of benzene rings is 1. The van der Waals surface area contributed by atoms with Crippen molar-refractivity contribution in [3.8, 4) is 0 Å². The first-order chi connectivity index (χ1) is 8.65. The number of carbonyl (C=O) groups excluding carboxylic acids is 1. The van der Waals surface area contributed by atoms with Gasteiger partial charge in [-0.1, -0.05) is 19.1 Å². The van der Waals surface area contributed by atoms with Crippen LogP contribution in [-0.2, 0) is 0 Å². The van der Waals surface area contributed by atoms with Gasteiger partial charge in [-0.25, -0.2) is 4.39 Å². The summed E-state index contributed by atoms with van der Waals surface area (Å²) in [7, 11) is 0. The number of halogens is 1. The summed E-state index contributed by atoms with van der Waals surface area (Å²) in [6.45, 7) is 2.16. The van der Waals surface area contributed by atoms with Crippen LogP contribution in [0.4, 0.5) is 4.39 Å². The standard InChI is InChI=1S/C15H15FO2/c1-9-5-6-10(7-9)14(17)13-8-11-3-2-4-12(16)15(11)18-13/h2-4,8-10H,5-7H2,1H3. The highest BCUT2D eigenvalue weighted by atomic mass is 19.1. The van der Waals surface area contributed by atoms with Crippen LogP contribution in [0.1, 0.15) is 36.7 Å². The van der Waals surface area contributed by atoms with Gasteiger partial charge in [-0.2, -0.15) is 0 Å². The summed E-state index contributed by atoms with van der Waals surface area (Å²) in [6.07, 6.45) is 2.92. The molecule has 0 bridgehead atoms. The summed E-state index contributed by atoms with van der Waals surface area (Å²) in [4.78, 5) is 12.3. The first-order valence-electron chi connectivity index (χ1n) is 6.37. The van der Waals surface area contributed by atoms with Crippen LogP contribution in [0.2, 0.25) is 0 Å². The molecule has 3 rings (SSSR count). The highest BCUT2D eigenvalue weighted by Gasteiger charge is 2.30. The lowest BCUT2D eigenvalue weighted by atomic mass is 9.99. The van der Waals surface area contributed by atoms with E-state index < -0.39 is 5.82 Å². The van der Waals surface area contributed by atoms with E-state index in [0.717, 1.165) is 19.3 Å². The van der Waals surface area contributed by atoms with E-state index in [0.29, 0.717) is 17.1 Å². The largest absolute Gasteiger partial charge is 0.450 e. The van der Waals surface area contributed by atoms with Crippen molar-refractivity contribution in [3.63, 3.8) is 0 Å². The number of furan rings is 1. The Labute approximate surface area is 105 Å². The zero-order valence-corrected chi connectivity index (χ0v) is 10.3. The summed E-state index contributed by atoms with van der Waals surface area (Å²) in [5.74, 6) is 0.555. The van der Waals surface area contributed by atoms with Crippen molar-refractivity contribution in [1.82, 2.24) is 0 Å². The highest BCUT2D eigenvalue weighted by Crippen LogP contribution is 2.34. The molecular weight excluding hydrogens is 231 g/mol. The van der Waals surface area contributed by atoms with Crippen LogP contribution in [0.3, 0.4) is 0 Å². The van der Waals surface area contributed by atoms with Gasteiger partial charge in [-0.05, 0) is 37.3 Å². The SMILES string of the molecule is CC1CCC(C(=O)c2cc3cccc(F)c3o2)C1. The van der Waals surface area contributed by atoms with E-state index in [1.807, 2.05) is 0 Å². The molecule has 1 aromatic heterocycles. The molecular formula is C15H15FO2. The topological polar surface area (TPSA) is 30.2 Å². The van der Waals surface area contributed by atoms with Crippen LogP contribution < -0.4 is 0 Å². The summed E-state index contributed by atoms with van der Waals surface area (Å²) >= 11 is 0. The quantitative estimate of drug-likeness (QED) is 0.744. The van der Waals surface area contributed by atoms with Crippen LogP contribution in [0.15, 0.2) is 28.7 Å². The summed E-state index contributed by atoms with van der Waals surface area (Å²) < 4.78 is 18.9. The molecule has 0 N–H and O–H groups in total. The first kappa shape index (κ1) is 11.5. The van der Waals surface area contributed by atoms with Crippen molar-refractivity contribution in [2.24, 2.45) is 11.8 Å². The predicted molar refractivity (Wildman–Crippen MR) is 67.0 cm³/mol. The zero-order valence-electron chi connectivity index (χ0n) is 10.3. The molecule has 18 heavy (non-hydrogen) atoms. The molecule has 2 atom stereocenters. The maximum absolute atomic E-state index is 13.5. The molecule has 0 radical (unpaired) electrons. The molecule has 1 aliphatic carbocycles. The Morgan fingerprint density at radius 2 is 2.22 bits per heavy atom. The van der Waals surface area contributed by atoms with Crippen LogP contribution >= 0.6 is 0 Å². The van der Waals surface area contributed by atoms with E-state index in [2.05, 4.69) is 6.92 Å². The van der Waals surface area contributed by atoms with Crippen molar-refractivity contribution in [3.05, 3.63) is 35.8 Å². The Hall–Kier alpha value is -1.64. The molecule has 1 saturated carbocycles. The normalized spacial score (nSPS) is 23.7. The van der Waals surface area contributed by atoms with Gasteiger partial charge in [0.05, 0.1) is 0 Å². The van der Waals surface area contributed by atoms with Gasteiger partial charge >= 0.3 is 0 Å². The molecule has 1 fully saturated rings. The molecule has 1 aliphatic rings. The number of carbonyl (C=O) groups is 1. The third-order valence-corrected chi connectivity index (χ3v) is 3.80. The number of para-hydroxylation sites is 1. The summed E-state index contributed by atoms with van der Waals surface area (Å²) in [6, 6.07) is 6.39. The van der Waals surface area contributed by atoms with Crippen LogP contribution in [0.5, 0.6) is 0 Å². The van der Waals surface area contributed by atoms with Crippen LogP contribution in [-0.4, -0.2) is 5.78 Å². The molecule has 94 valence electrons. The Balaban J connectivity index is 1.95. The van der Waals surface area contributed by atoms with Crippen LogP contribution in [0.25, 0.3) is 11.0 Å². The van der Waals surface area contributed by atoms with E-state index in [9.17, 15) is 9.18 Å². The van der Waals surface area contributed by atoms with E-state index in [1.165, 1.54) is 6.07 Å². The van der Waals surface area contributed by atoms with E-state index in [4.69, 9.17) is 4.42 Å². The molecule has 0 amide bonds. The lowest BCUT2D eigenvalue weighted by Crippen LogP contribution is -2.10. The monoisotopic (exact) mass is 246 g/mol. The number of fused-ring (bicyclic) bond motifs is 1. The number of hydrogen-bond acceptors (Lipinski definition) is 2. The summed E-state index contributed by atoms with van der Waals surface area (Å²) in [5, 5.41) is 0.657. The van der Waals surface area contributed by atoms with E-state index in [-0.39, 0.29) is 17.3 Å². The minimum absolute atomic E-state index is 0.0231. The van der Waals surface area contributed by atoms with Crippen molar-refractivity contribution in [2.45, 2.75) is 26.2 Å². The lowest BCUT2D eigenvalue weighted by molar-refractivity contribution is 0.0894. The number of rotatable bonds is 2. The maximum Gasteiger partial charge on any atom is 0.201 e.